The van der Waals surface area contributed by atoms with Crippen molar-refractivity contribution in [1.29, 1.82) is 0 Å². The normalized spacial score (nSPS) is 17.6. The monoisotopic (exact) mass is 543 g/mol. The molecule has 2 aliphatic rings. The SMILES string of the molecule is O=C(Nc1ccc(Oc2ccnc(N3CCCC(O)C3)n2)c2ccccc12)c1cc(F)cc(N2CCOCC2)c1. The molecule has 0 radical (unpaired) electrons. The highest BCUT2D eigenvalue weighted by molar-refractivity contribution is 6.10. The maximum Gasteiger partial charge on any atom is 0.255 e. The van der Waals surface area contributed by atoms with Crippen LogP contribution in [0.5, 0.6) is 11.6 Å². The molecular weight excluding hydrogens is 513 g/mol. The molecule has 1 unspecified atom stereocenters. The van der Waals surface area contributed by atoms with Crippen molar-refractivity contribution in [1.82, 2.24) is 9.97 Å². The van der Waals surface area contributed by atoms with E-state index in [4.69, 9.17) is 9.47 Å². The highest BCUT2D eigenvalue weighted by atomic mass is 19.1. The molecule has 2 aliphatic heterocycles. The Morgan fingerprint density at radius 3 is 2.67 bits per heavy atom. The number of β-amino-alcohol motifs (C(OH)–C–C–N with tert-alkyl or cyclic N) is 1. The average molecular weight is 544 g/mol. The second-order valence-corrected chi connectivity index (χ2v) is 9.95. The van der Waals surface area contributed by atoms with Gasteiger partial charge in [-0.15, -0.1) is 0 Å². The minimum atomic E-state index is -0.467. The number of hydrogen-bond acceptors (Lipinski definition) is 8. The predicted molar refractivity (Wildman–Crippen MR) is 151 cm³/mol. The Hall–Kier alpha value is -4.28. The zero-order valence-corrected chi connectivity index (χ0v) is 21.9. The Bertz CT molecular complexity index is 1530. The fourth-order valence-electron chi connectivity index (χ4n) is 5.16. The lowest BCUT2D eigenvalue weighted by atomic mass is 10.1. The van der Waals surface area contributed by atoms with Crippen LogP contribution in [0.15, 0.2) is 66.9 Å². The largest absolute Gasteiger partial charge is 0.438 e. The number of fused-ring (bicyclic) bond motifs is 1. The first-order valence-corrected chi connectivity index (χ1v) is 13.4. The van der Waals surface area contributed by atoms with E-state index in [1.165, 1.54) is 12.1 Å². The van der Waals surface area contributed by atoms with Crippen LogP contribution in [-0.4, -0.2) is 66.5 Å². The zero-order valence-electron chi connectivity index (χ0n) is 21.9. The molecule has 0 spiro atoms. The van der Waals surface area contributed by atoms with Gasteiger partial charge >= 0.3 is 0 Å². The number of amides is 1. The van der Waals surface area contributed by atoms with Crippen molar-refractivity contribution in [2.45, 2.75) is 18.9 Å². The van der Waals surface area contributed by atoms with E-state index in [0.717, 1.165) is 30.2 Å². The van der Waals surface area contributed by atoms with Crippen LogP contribution < -0.4 is 19.9 Å². The Kier molecular flexibility index (Phi) is 7.43. The summed E-state index contributed by atoms with van der Waals surface area (Å²) < 4.78 is 26.0. The van der Waals surface area contributed by atoms with E-state index in [0.29, 0.717) is 61.8 Å². The molecule has 4 aromatic rings. The lowest BCUT2D eigenvalue weighted by molar-refractivity contribution is 0.102. The summed E-state index contributed by atoms with van der Waals surface area (Å²) in [6, 6.07) is 17.2. The molecule has 0 bridgehead atoms. The van der Waals surface area contributed by atoms with Crippen molar-refractivity contribution in [3.63, 3.8) is 0 Å². The maximum absolute atomic E-state index is 14.5. The van der Waals surface area contributed by atoms with Gasteiger partial charge in [0.1, 0.15) is 11.6 Å². The molecule has 3 aromatic carbocycles. The van der Waals surface area contributed by atoms with Gasteiger partial charge in [-0.2, -0.15) is 4.98 Å². The van der Waals surface area contributed by atoms with Gasteiger partial charge in [-0.3, -0.25) is 4.79 Å². The highest BCUT2D eigenvalue weighted by Crippen LogP contribution is 2.35. The summed E-state index contributed by atoms with van der Waals surface area (Å²) in [4.78, 5) is 26.1. The third kappa shape index (κ3) is 5.68. The number of morpholine rings is 1. The van der Waals surface area contributed by atoms with Crippen LogP contribution in [0.2, 0.25) is 0 Å². The van der Waals surface area contributed by atoms with E-state index < -0.39 is 17.8 Å². The van der Waals surface area contributed by atoms with Crippen molar-refractivity contribution in [2.24, 2.45) is 0 Å². The van der Waals surface area contributed by atoms with Crippen molar-refractivity contribution in [3.8, 4) is 11.6 Å². The first-order valence-electron chi connectivity index (χ1n) is 13.4. The minimum Gasteiger partial charge on any atom is -0.438 e. The summed E-state index contributed by atoms with van der Waals surface area (Å²) in [5, 5.41) is 14.5. The molecule has 2 fully saturated rings. The van der Waals surface area contributed by atoms with Crippen molar-refractivity contribution in [3.05, 3.63) is 78.2 Å². The van der Waals surface area contributed by atoms with Gasteiger partial charge in [-0.25, -0.2) is 9.37 Å². The molecule has 2 N–H and O–H groups in total. The first-order chi connectivity index (χ1) is 19.5. The van der Waals surface area contributed by atoms with Gasteiger partial charge in [0.2, 0.25) is 11.8 Å². The fraction of sp³-hybridized carbons (Fsp3) is 0.300. The van der Waals surface area contributed by atoms with Gasteiger partial charge in [-0.05, 0) is 43.2 Å². The van der Waals surface area contributed by atoms with Crippen LogP contribution in [0.4, 0.5) is 21.7 Å². The van der Waals surface area contributed by atoms with E-state index in [9.17, 15) is 14.3 Å². The van der Waals surface area contributed by atoms with Gasteiger partial charge in [-0.1, -0.05) is 24.3 Å². The molecule has 10 heteroatoms. The number of piperidine rings is 1. The summed E-state index contributed by atoms with van der Waals surface area (Å²) in [5.74, 6) is 0.582. The Morgan fingerprint density at radius 2 is 1.85 bits per heavy atom. The number of aliphatic hydroxyl groups excluding tert-OH is 1. The van der Waals surface area contributed by atoms with Crippen molar-refractivity contribution in [2.75, 3.05) is 54.5 Å². The van der Waals surface area contributed by atoms with Crippen LogP contribution in [0.1, 0.15) is 23.2 Å². The second kappa shape index (κ2) is 11.4. The third-order valence-corrected chi connectivity index (χ3v) is 7.16. The molecule has 6 rings (SSSR count). The number of carbonyl (C=O) groups excluding carboxylic acids is 1. The number of nitrogens with one attached hydrogen (secondary N) is 1. The van der Waals surface area contributed by atoms with Crippen LogP contribution >= 0.6 is 0 Å². The van der Waals surface area contributed by atoms with E-state index in [1.807, 2.05) is 34.1 Å². The number of ether oxygens (including phenoxy) is 2. The van der Waals surface area contributed by atoms with Crippen molar-refractivity contribution >= 4 is 34.0 Å². The fourth-order valence-corrected chi connectivity index (χ4v) is 5.16. The number of carbonyl (C=O) groups is 1. The molecule has 2 saturated heterocycles. The maximum atomic E-state index is 14.5. The van der Waals surface area contributed by atoms with Gasteiger partial charge < -0.3 is 29.7 Å². The second-order valence-electron chi connectivity index (χ2n) is 9.95. The molecule has 1 atom stereocenters. The molecule has 9 nitrogen and oxygen atoms in total. The lowest BCUT2D eigenvalue weighted by Crippen LogP contribution is -2.39. The number of benzene rings is 3. The first kappa shape index (κ1) is 26.0. The van der Waals surface area contributed by atoms with E-state index in [2.05, 4.69) is 15.3 Å². The molecule has 40 heavy (non-hydrogen) atoms. The van der Waals surface area contributed by atoms with Gasteiger partial charge in [0.15, 0.2) is 0 Å². The topological polar surface area (TPSA) is 100 Å². The molecule has 1 amide bonds. The summed E-state index contributed by atoms with van der Waals surface area (Å²) in [7, 11) is 0. The number of aliphatic hydroxyl groups is 1. The van der Waals surface area contributed by atoms with Crippen LogP contribution in [0, 0.1) is 5.82 Å². The van der Waals surface area contributed by atoms with Crippen LogP contribution in [-0.2, 0) is 4.74 Å². The third-order valence-electron chi connectivity index (χ3n) is 7.16. The molecule has 0 saturated carbocycles. The van der Waals surface area contributed by atoms with Crippen molar-refractivity contribution < 1.29 is 23.8 Å². The number of halogens is 1. The zero-order chi connectivity index (χ0) is 27.5. The number of aromatic nitrogens is 2. The van der Waals surface area contributed by atoms with E-state index >= 15 is 0 Å². The number of nitrogens with zero attached hydrogens (tertiary/aromatic N) is 4. The number of anilines is 3. The van der Waals surface area contributed by atoms with Gasteiger partial charge in [0, 0.05) is 66.2 Å². The van der Waals surface area contributed by atoms with Crippen LogP contribution in [0.3, 0.4) is 0 Å². The average Bonchev–Trinajstić information content (AvgIpc) is 2.98. The molecule has 3 heterocycles. The summed E-state index contributed by atoms with van der Waals surface area (Å²) in [6.45, 7) is 3.68. The minimum absolute atomic E-state index is 0.238. The van der Waals surface area contributed by atoms with Gasteiger partial charge in [0.25, 0.3) is 5.91 Å². The van der Waals surface area contributed by atoms with E-state index in [-0.39, 0.29) is 5.56 Å². The van der Waals surface area contributed by atoms with Crippen LogP contribution in [0.25, 0.3) is 10.8 Å². The quantitative estimate of drug-likeness (QED) is 0.364. The summed E-state index contributed by atoms with van der Waals surface area (Å²) in [6.07, 6.45) is 2.89. The summed E-state index contributed by atoms with van der Waals surface area (Å²) >= 11 is 0. The Labute approximate surface area is 231 Å². The molecule has 206 valence electrons. The van der Waals surface area contributed by atoms with Gasteiger partial charge in [0.05, 0.1) is 19.3 Å². The highest BCUT2D eigenvalue weighted by Gasteiger charge is 2.21. The lowest BCUT2D eigenvalue weighted by Gasteiger charge is -2.30. The van der Waals surface area contributed by atoms with E-state index in [1.54, 1.807) is 30.5 Å². The molecular formula is C30H30FN5O4. The smallest absolute Gasteiger partial charge is 0.255 e. The Balaban J connectivity index is 1.24. The summed E-state index contributed by atoms with van der Waals surface area (Å²) in [5.41, 5.74) is 1.48. The predicted octanol–water partition coefficient (Wildman–Crippen LogP) is 4.61. The standard InChI is InChI=1S/C30H30FN5O4/c31-21-16-20(17-22(18-21)35-12-14-39-15-13-35)29(38)33-26-7-8-27(25-6-2-1-5-24(25)26)40-28-9-10-32-30(34-28)36-11-3-4-23(37)19-36/h1-2,5-10,16-18,23,37H,3-4,11-15,19H2,(H,33,38). The molecule has 0 aliphatic carbocycles. The number of hydrogen-bond donors (Lipinski definition) is 2. The Morgan fingerprint density at radius 1 is 1.02 bits per heavy atom. The molecule has 1 aromatic heterocycles. The number of rotatable bonds is 6.